The molecule has 0 amide bonds. The molecule has 1 aromatic heterocycles. The van der Waals surface area contributed by atoms with Crippen molar-refractivity contribution < 1.29 is 14.6 Å². The highest BCUT2D eigenvalue weighted by molar-refractivity contribution is 5.67. The molecule has 0 aromatic carbocycles. The fourth-order valence-corrected chi connectivity index (χ4v) is 0.750. The maximum atomic E-state index is 10.0. The molecular formula is C7H10N2O3. The highest BCUT2D eigenvalue weighted by atomic mass is 16.5. The van der Waals surface area contributed by atoms with E-state index in [-0.39, 0.29) is 6.61 Å². The van der Waals surface area contributed by atoms with Crippen molar-refractivity contribution in [2.45, 2.75) is 6.54 Å². The summed E-state index contributed by atoms with van der Waals surface area (Å²) in [5, 5.41) is 12.1. The summed E-state index contributed by atoms with van der Waals surface area (Å²) in [6.45, 7) is 0.704. The third-order valence-corrected chi connectivity index (χ3v) is 1.25. The monoisotopic (exact) mass is 170 g/mol. The average Bonchev–Trinajstić information content (AvgIpc) is 2.49. The van der Waals surface area contributed by atoms with E-state index in [0.29, 0.717) is 13.2 Å². The van der Waals surface area contributed by atoms with E-state index in [0.717, 1.165) is 0 Å². The first-order chi connectivity index (χ1) is 5.79. The molecule has 1 heterocycles. The first-order valence-corrected chi connectivity index (χ1v) is 3.56. The topological polar surface area (TPSA) is 64.3 Å². The van der Waals surface area contributed by atoms with Crippen molar-refractivity contribution in [2.75, 3.05) is 13.2 Å². The van der Waals surface area contributed by atoms with Gasteiger partial charge in [0.25, 0.3) is 0 Å². The predicted octanol–water partition coefficient (Wildman–Crippen LogP) is -0.0157. The maximum Gasteiger partial charge on any atom is 0.329 e. The number of nitrogens with zero attached hydrogens (tertiary/aromatic N) is 2. The number of carbonyl (C=O) groups is 1. The van der Waals surface area contributed by atoms with Gasteiger partial charge in [0, 0.05) is 12.4 Å². The molecule has 1 rings (SSSR count). The van der Waals surface area contributed by atoms with Gasteiger partial charge in [-0.25, -0.2) is 4.79 Å². The molecule has 0 aliphatic heterocycles. The van der Waals surface area contributed by atoms with E-state index < -0.39 is 5.97 Å². The minimum Gasteiger partial charge on any atom is -0.480 e. The molecule has 66 valence electrons. The molecule has 0 saturated carbocycles. The van der Waals surface area contributed by atoms with E-state index >= 15 is 0 Å². The molecule has 5 nitrogen and oxygen atoms in total. The first kappa shape index (κ1) is 8.73. The molecule has 1 aromatic rings. The van der Waals surface area contributed by atoms with Gasteiger partial charge in [-0.05, 0) is 6.07 Å². The Hall–Kier alpha value is -1.36. The summed E-state index contributed by atoms with van der Waals surface area (Å²) in [4.78, 5) is 10.0. The largest absolute Gasteiger partial charge is 0.480 e. The van der Waals surface area contributed by atoms with E-state index in [1.54, 1.807) is 23.1 Å². The van der Waals surface area contributed by atoms with Gasteiger partial charge >= 0.3 is 5.97 Å². The third kappa shape index (κ3) is 3.16. The molecule has 0 fully saturated rings. The molecule has 0 radical (unpaired) electrons. The van der Waals surface area contributed by atoms with Crippen molar-refractivity contribution in [3.05, 3.63) is 18.5 Å². The lowest BCUT2D eigenvalue weighted by Crippen LogP contribution is -2.12. The Morgan fingerprint density at radius 3 is 3.08 bits per heavy atom. The van der Waals surface area contributed by atoms with Crippen molar-refractivity contribution in [3.8, 4) is 0 Å². The van der Waals surface area contributed by atoms with Crippen LogP contribution in [0.25, 0.3) is 0 Å². The number of hydrogen-bond donors (Lipinski definition) is 1. The van der Waals surface area contributed by atoms with E-state index in [1.165, 1.54) is 0 Å². The lowest BCUT2D eigenvalue weighted by atomic mass is 10.6. The van der Waals surface area contributed by atoms with Gasteiger partial charge in [-0.3, -0.25) is 4.68 Å². The summed E-state index contributed by atoms with van der Waals surface area (Å²) in [6, 6.07) is 1.80. The van der Waals surface area contributed by atoms with Crippen LogP contribution in [0.4, 0.5) is 0 Å². The second-order valence-electron chi connectivity index (χ2n) is 2.22. The van der Waals surface area contributed by atoms with Crippen LogP contribution in [0.1, 0.15) is 0 Å². The molecular weight excluding hydrogens is 160 g/mol. The van der Waals surface area contributed by atoms with E-state index in [9.17, 15) is 4.79 Å². The molecule has 0 aliphatic rings. The fraction of sp³-hybridized carbons (Fsp3) is 0.429. The number of aromatic nitrogens is 2. The Bertz CT molecular complexity index is 233. The summed E-state index contributed by atoms with van der Waals surface area (Å²) in [7, 11) is 0. The molecule has 0 saturated heterocycles. The van der Waals surface area contributed by atoms with Crippen molar-refractivity contribution >= 4 is 5.97 Å². The van der Waals surface area contributed by atoms with Gasteiger partial charge in [-0.2, -0.15) is 5.10 Å². The first-order valence-electron chi connectivity index (χ1n) is 3.56. The van der Waals surface area contributed by atoms with Crippen molar-refractivity contribution in [2.24, 2.45) is 0 Å². The molecule has 5 heteroatoms. The number of carboxylic acids is 1. The quantitative estimate of drug-likeness (QED) is 0.631. The van der Waals surface area contributed by atoms with Crippen molar-refractivity contribution in [1.29, 1.82) is 0 Å². The molecule has 0 aliphatic carbocycles. The normalized spacial score (nSPS) is 10.0. The zero-order chi connectivity index (χ0) is 8.81. The smallest absolute Gasteiger partial charge is 0.329 e. The summed E-state index contributed by atoms with van der Waals surface area (Å²) in [5.74, 6) is -0.949. The predicted molar refractivity (Wildman–Crippen MR) is 40.7 cm³/mol. The van der Waals surface area contributed by atoms with Crippen LogP contribution in [0.15, 0.2) is 18.5 Å². The molecule has 0 spiro atoms. The van der Waals surface area contributed by atoms with Crippen molar-refractivity contribution in [1.82, 2.24) is 9.78 Å². The van der Waals surface area contributed by atoms with Gasteiger partial charge in [-0.15, -0.1) is 0 Å². The van der Waals surface area contributed by atoms with Crippen LogP contribution in [0.5, 0.6) is 0 Å². The van der Waals surface area contributed by atoms with Gasteiger partial charge in [-0.1, -0.05) is 0 Å². The van der Waals surface area contributed by atoms with Crippen molar-refractivity contribution in [3.63, 3.8) is 0 Å². The summed E-state index contributed by atoms with van der Waals surface area (Å²) >= 11 is 0. The number of aliphatic carboxylic acids is 1. The summed E-state index contributed by atoms with van der Waals surface area (Å²) in [6.07, 6.45) is 3.46. The lowest BCUT2D eigenvalue weighted by molar-refractivity contribution is -0.142. The van der Waals surface area contributed by atoms with Gasteiger partial charge in [0.1, 0.15) is 6.61 Å². The molecule has 0 atom stereocenters. The van der Waals surface area contributed by atoms with Gasteiger partial charge < -0.3 is 9.84 Å². The SMILES string of the molecule is O=C(O)COCCn1cccn1. The molecule has 12 heavy (non-hydrogen) atoms. The van der Waals surface area contributed by atoms with Crippen LogP contribution in [-0.2, 0) is 16.1 Å². The third-order valence-electron chi connectivity index (χ3n) is 1.25. The van der Waals surface area contributed by atoms with Crippen LogP contribution in [-0.4, -0.2) is 34.1 Å². The highest BCUT2D eigenvalue weighted by Gasteiger charge is 1.95. The van der Waals surface area contributed by atoms with Crippen LogP contribution < -0.4 is 0 Å². The Labute approximate surface area is 69.6 Å². The highest BCUT2D eigenvalue weighted by Crippen LogP contribution is 1.85. The number of carboxylic acid groups (broad SMARTS) is 1. The minimum atomic E-state index is -0.949. The maximum absolute atomic E-state index is 10.0. The van der Waals surface area contributed by atoms with E-state index in [4.69, 9.17) is 9.84 Å². The van der Waals surface area contributed by atoms with Crippen LogP contribution >= 0.6 is 0 Å². The summed E-state index contributed by atoms with van der Waals surface area (Å²) < 4.78 is 6.49. The van der Waals surface area contributed by atoms with Gasteiger partial charge in [0.2, 0.25) is 0 Å². The standard InChI is InChI=1S/C7H10N2O3/c10-7(11)6-12-5-4-9-3-1-2-8-9/h1-3H,4-6H2,(H,10,11). The van der Waals surface area contributed by atoms with Crippen LogP contribution in [0, 0.1) is 0 Å². The lowest BCUT2D eigenvalue weighted by Gasteiger charge is -2.00. The molecule has 0 bridgehead atoms. The summed E-state index contributed by atoms with van der Waals surface area (Å²) in [5.41, 5.74) is 0. The zero-order valence-electron chi connectivity index (χ0n) is 6.51. The fourth-order valence-electron chi connectivity index (χ4n) is 0.750. The van der Waals surface area contributed by atoms with Gasteiger partial charge in [0.15, 0.2) is 0 Å². The average molecular weight is 170 g/mol. The Kier molecular flexibility index (Phi) is 3.28. The number of rotatable bonds is 5. The Morgan fingerprint density at radius 1 is 1.67 bits per heavy atom. The number of hydrogen-bond acceptors (Lipinski definition) is 3. The Balaban J connectivity index is 2.07. The second kappa shape index (κ2) is 4.50. The van der Waals surface area contributed by atoms with Crippen LogP contribution in [0.3, 0.4) is 0 Å². The zero-order valence-corrected chi connectivity index (χ0v) is 6.51. The molecule has 1 N–H and O–H groups in total. The minimum absolute atomic E-state index is 0.249. The Morgan fingerprint density at radius 2 is 2.50 bits per heavy atom. The van der Waals surface area contributed by atoms with E-state index in [2.05, 4.69) is 5.10 Å². The number of ether oxygens (including phenoxy) is 1. The van der Waals surface area contributed by atoms with E-state index in [1.807, 2.05) is 0 Å². The van der Waals surface area contributed by atoms with Crippen LogP contribution in [0.2, 0.25) is 0 Å². The second-order valence-corrected chi connectivity index (χ2v) is 2.22. The van der Waals surface area contributed by atoms with Gasteiger partial charge in [0.05, 0.1) is 13.2 Å². The molecule has 0 unspecified atom stereocenters.